The number of nitrogens with two attached hydrogens (primary N) is 1. The minimum atomic E-state index is -1.04. The summed E-state index contributed by atoms with van der Waals surface area (Å²) in [5.74, 6) is -1.04. The van der Waals surface area contributed by atoms with Crippen LogP contribution in [0.15, 0.2) is 18.2 Å². The largest absolute Gasteiger partial charge is 0.478 e. The molecule has 0 spiro atoms. The maximum atomic E-state index is 10.6. The first-order valence-corrected chi connectivity index (χ1v) is 3.87. The highest BCUT2D eigenvalue weighted by molar-refractivity contribution is 5.93. The average Bonchev–Trinajstić information content (AvgIpc) is 2.08. The third kappa shape index (κ3) is 2.19. The van der Waals surface area contributed by atoms with Crippen molar-refractivity contribution in [3.05, 3.63) is 29.3 Å². The molecule has 4 N–H and O–H groups in total. The fourth-order valence-electron chi connectivity index (χ4n) is 1.07. The highest BCUT2D eigenvalue weighted by atomic mass is 16.4. The summed E-state index contributed by atoms with van der Waals surface area (Å²) in [6.45, 7) is 0.00295. The van der Waals surface area contributed by atoms with E-state index in [1.807, 2.05) is 0 Å². The Morgan fingerprint density at radius 2 is 2.15 bits per heavy atom. The van der Waals surface area contributed by atoms with Crippen molar-refractivity contribution in [3.8, 4) is 0 Å². The van der Waals surface area contributed by atoms with Gasteiger partial charge >= 0.3 is 5.97 Å². The van der Waals surface area contributed by atoms with Crippen molar-refractivity contribution in [3.63, 3.8) is 0 Å². The van der Waals surface area contributed by atoms with Crippen LogP contribution < -0.4 is 5.73 Å². The van der Waals surface area contributed by atoms with E-state index in [-0.39, 0.29) is 17.9 Å². The Labute approximate surface area is 75.6 Å². The molecule has 0 amide bonds. The molecular formula is C9H11NO3. The number of anilines is 1. The Morgan fingerprint density at radius 3 is 2.69 bits per heavy atom. The summed E-state index contributed by atoms with van der Waals surface area (Å²) in [7, 11) is 0. The molecule has 1 aromatic rings. The summed E-state index contributed by atoms with van der Waals surface area (Å²) in [6, 6.07) is 4.72. The first kappa shape index (κ1) is 9.54. The fraction of sp³-hybridized carbons (Fsp3) is 0.222. The van der Waals surface area contributed by atoms with E-state index in [4.69, 9.17) is 15.9 Å². The van der Waals surface area contributed by atoms with Crippen LogP contribution in [-0.2, 0) is 6.42 Å². The number of hydrogen-bond donors (Lipinski definition) is 3. The number of aromatic carboxylic acids is 1. The van der Waals surface area contributed by atoms with Gasteiger partial charge in [-0.15, -0.1) is 0 Å². The lowest BCUT2D eigenvalue weighted by Gasteiger charge is -2.03. The zero-order valence-corrected chi connectivity index (χ0v) is 7.03. The minimum Gasteiger partial charge on any atom is -0.478 e. The third-order valence-corrected chi connectivity index (χ3v) is 1.75. The molecule has 0 saturated heterocycles. The molecule has 13 heavy (non-hydrogen) atoms. The number of carboxylic acid groups (broad SMARTS) is 1. The van der Waals surface area contributed by atoms with Crippen molar-refractivity contribution >= 4 is 11.7 Å². The van der Waals surface area contributed by atoms with Gasteiger partial charge in [-0.3, -0.25) is 0 Å². The molecule has 0 aliphatic rings. The molecule has 0 aliphatic carbocycles. The SMILES string of the molecule is Nc1ccc(CCO)cc1C(=O)O. The zero-order valence-electron chi connectivity index (χ0n) is 7.03. The van der Waals surface area contributed by atoms with Crippen molar-refractivity contribution in [2.75, 3.05) is 12.3 Å². The van der Waals surface area contributed by atoms with Crippen LogP contribution in [0.5, 0.6) is 0 Å². The number of benzene rings is 1. The monoisotopic (exact) mass is 181 g/mol. The van der Waals surface area contributed by atoms with Gasteiger partial charge in [0.05, 0.1) is 5.56 Å². The quantitative estimate of drug-likeness (QED) is 0.593. The molecule has 0 atom stereocenters. The van der Waals surface area contributed by atoms with Crippen LogP contribution in [0.3, 0.4) is 0 Å². The van der Waals surface area contributed by atoms with Crippen molar-refractivity contribution < 1.29 is 15.0 Å². The summed E-state index contributed by atoms with van der Waals surface area (Å²) in [5.41, 5.74) is 6.55. The van der Waals surface area contributed by atoms with Gasteiger partial charge in [0.2, 0.25) is 0 Å². The highest BCUT2D eigenvalue weighted by Gasteiger charge is 2.07. The van der Waals surface area contributed by atoms with Crippen LogP contribution in [0.25, 0.3) is 0 Å². The topological polar surface area (TPSA) is 83.5 Å². The van der Waals surface area contributed by atoms with E-state index < -0.39 is 5.97 Å². The number of carboxylic acids is 1. The fourth-order valence-corrected chi connectivity index (χ4v) is 1.07. The van der Waals surface area contributed by atoms with Crippen LogP contribution in [-0.4, -0.2) is 22.8 Å². The molecule has 4 nitrogen and oxygen atoms in total. The molecule has 0 radical (unpaired) electrons. The summed E-state index contributed by atoms with van der Waals surface area (Å²) in [5, 5.41) is 17.4. The lowest BCUT2D eigenvalue weighted by atomic mass is 10.1. The Morgan fingerprint density at radius 1 is 1.46 bits per heavy atom. The van der Waals surface area contributed by atoms with Gasteiger partial charge in [-0.2, -0.15) is 0 Å². The van der Waals surface area contributed by atoms with Gasteiger partial charge in [0, 0.05) is 12.3 Å². The number of carbonyl (C=O) groups is 1. The standard InChI is InChI=1S/C9H11NO3/c10-8-2-1-6(3-4-11)5-7(8)9(12)13/h1-2,5,11H,3-4,10H2,(H,12,13). The average molecular weight is 181 g/mol. The van der Waals surface area contributed by atoms with E-state index >= 15 is 0 Å². The number of nitrogen functional groups attached to an aromatic ring is 1. The van der Waals surface area contributed by atoms with E-state index in [2.05, 4.69) is 0 Å². The van der Waals surface area contributed by atoms with E-state index in [1.165, 1.54) is 12.1 Å². The molecule has 0 aliphatic heterocycles. The molecule has 4 heteroatoms. The van der Waals surface area contributed by atoms with Gasteiger partial charge in [-0.25, -0.2) is 4.79 Å². The van der Waals surface area contributed by atoms with Gasteiger partial charge in [0.25, 0.3) is 0 Å². The molecular weight excluding hydrogens is 170 g/mol. The zero-order chi connectivity index (χ0) is 9.84. The second-order valence-corrected chi connectivity index (χ2v) is 2.70. The summed E-state index contributed by atoms with van der Waals surface area (Å²) >= 11 is 0. The highest BCUT2D eigenvalue weighted by Crippen LogP contribution is 2.14. The Bertz CT molecular complexity index is 323. The van der Waals surface area contributed by atoms with Crippen LogP contribution in [0.2, 0.25) is 0 Å². The minimum absolute atomic E-state index is 0.00295. The third-order valence-electron chi connectivity index (χ3n) is 1.75. The number of aliphatic hydroxyl groups excluding tert-OH is 1. The summed E-state index contributed by atoms with van der Waals surface area (Å²) < 4.78 is 0. The van der Waals surface area contributed by atoms with Crippen molar-refractivity contribution in [1.82, 2.24) is 0 Å². The van der Waals surface area contributed by atoms with Crippen LogP contribution in [0, 0.1) is 0 Å². The Kier molecular flexibility index (Phi) is 2.87. The normalized spacial score (nSPS) is 9.92. The number of rotatable bonds is 3. The molecule has 0 fully saturated rings. The van der Waals surface area contributed by atoms with Crippen LogP contribution >= 0.6 is 0 Å². The lowest BCUT2D eigenvalue weighted by molar-refractivity contribution is 0.0698. The number of hydrogen-bond acceptors (Lipinski definition) is 3. The molecule has 0 aromatic heterocycles. The van der Waals surface area contributed by atoms with Crippen molar-refractivity contribution in [1.29, 1.82) is 0 Å². The smallest absolute Gasteiger partial charge is 0.337 e. The van der Waals surface area contributed by atoms with Gasteiger partial charge in [0.15, 0.2) is 0 Å². The van der Waals surface area contributed by atoms with E-state index in [0.717, 1.165) is 5.56 Å². The predicted octanol–water partition coefficient (Wildman–Crippen LogP) is 0.502. The Hall–Kier alpha value is -1.55. The van der Waals surface area contributed by atoms with Gasteiger partial charge in [-0.05, 0) is 24.1 Å². The van der Waals surface area contributed by atoms with E-state index in [0.29, 0.717) is 6.42 Å². The molecule has 1 aromatic carbocycles. The summed E-state index contributed by atoms with van der Waals surface area (Å²) in [6.07, 6.45) is 0.445. The van der Waals surface area contributed by atoms with Crippen LogP contribution in [0.4, 0.5) is 5.69 Å². The van der Waals surface area contributed by atoms with E-state index in [1.54, 1.807) is 6.07 Å². The number of aliphatic hydroxyl groups is 1. The molecule has 1 rings (SSSR count). The second kappa shape index (κ2) is 3.91. The van der Waals surface area contributed by atoms with Gasteiger partial charge in [0.1, 0.15) is 0 Å². The molecule has 0 bridgehead atoms. The van der Waals surface area contributed by atoms with Crippen LogP contribution in [0.1, 0.15) is 15.9 Å². The molecule has 0 unspecified atom stereocenters. The molecule has 0 heterocycles. The van der Waals surface area contributed by atoms with E-state index in [9.17, 15) is 4.79 Å². The molecule has 0 saturated carbocycles. The summed E-state index contributed by atoms with van der Waals surface area (Å²) in [4.78, 5) is 10.6. The molecule has 70 valence electrons. The first-order valence-electron chi connectivity index (χ1n) is 3.87. The lowest BCUT2D eigenvalue weighted by Crippen LogP contribution is -2.03. The maximum absolute atomic E-state index is 10.6. The predicted molar refractivity (Wildman–Crippen MR) is 48.6 cm³/mol. The van der Waals surface area contributed by atoms with Crippen molar-refractivity contribution in [2.24, 2.45) is 0 Å². The Balaban J connectivity index is 3.04. The van der Waals surface area contributed by atoms with Gasteiger partial charge in [-0.1, -0.05) is 6.07 Å². The maximum Gasteiger partial charge on any atom is 0.337 e. The van der Waals surface area contributed by atoms with Crippen molar-refractivity contribution in [2.45, 2.75) is 6.42 Å². The first-order chi connectivity index (χ1) is 6.15. The second-order valence-electron chi connectivity index (χ2n) is 2.70. The van der Waals surface area contributed by atoms with Gasteiger partial charge < -0.3 is 15.9 Å².